The van der Waals surface area contributed by atoms with Gasteiger partial charge in [-0.25, -0.2) is 0 Å². The van der Waals surface area contributed by atoms with Crippen LogP contribution in [0.25, 0.3) is 0 Å². The van der Waals surface area contributed by atoms with Gasteiger partial charge in [-0.15, -0.1) is 31.4 Å². The van der Waals surface area contributed by atoms with Crippen LogP contribution in [-0.4, -0.2) is 31.1 Å². The summed E-state index contributed by atoms with van der Waals surface area (Å²) in [5.41, 5.74) is 2.84. The molecular formula is C16H26Cl2N2. The van der Waals surface area contributed by atoms with E-state index in [9.17, 15) is 0 Å². The Balaban J connectivity index is 0.00000180. The second-order valence-electron chi connectivity index (χ2n) is 4.92. The Labute approximate surface area is 135 Å². The molecule has 0 radical (unpaired) electrons. The third kappa shape index (κ3) is 5.10. The van der Waals surface area contributed by atoms with Gasteiger partial charge in [-0.1, -0.05) is 37.3 Å². The zero-order chi connectivity index (χ0) is 12.8. The molecule has 0 aliphatic carbocycles. The van der Waals surface area contributed by atoms with Gasteiger partial charge in [0.1, 0.15) is 0 Å². The highest BCUT2D eigenvalue weighted by atomic mass is 35.5. The summed E-state index contributed by atoms with van der Waals surface area (Å²) in [6.45, 7) is 10.6. The highest BCUT2D eigenvalue weighted by Crippen LogP contribution is 2.25. The van der Waals surface area contributed by atoms with Crippen molar-refractivity contribution in [3.05, 3.63) is 48.0 Å². The summed E-state index contributed by atoms with van der Waals surface area (Å²) in [5.74, 6) is 0. The zero-order valence-electron chi connectivity index (χ0n) is 12.2. The average Bonchev–Trinajstić information content (AvgIpc) is 2.46. The fourth-order valence-electron chi connectivity index (χ4n) is 2.62. The van der Waals surface area contributed by atoms with Crippen molar-refractivity contribution < 1.29 is 0 Å². The predicted molar refractivity (Wildman–Crippen MR) is 92.3 cm³/mol. The van der Waals surface area contributed by atoms with Gasteiger partial charge in [-0.2, -0.15) is 0 Å². The van der Waals surface area contributed by atoms with Crippen LogP contribution >= 0.6 is 24.8 Å². The maximum Gasteiger partial charge on any atom is 0.0383 e. The van der Waals surface area contributed by atoms with E-state index in [1.54, 1.807) is 0 Å². The van der Waals surface area contributed by atoms with Gasteiger partial charge in [-0.3, -0.25) is 4.90 Å². The van der Waals surface area contributed by atoms with Crippen LogP contribution in [0.5, 0.6) is 0 Å². The van der Waals surface area contributed by atoms with E-state index in [0.29, 0.717) is 6.04 Å². The number of piperazine rings is 1. The Morgan fingerprint density at radius 2 is 1.80 bits per heavy atom. The molecule has 2 rings (SSSR count). The van der Waals surface area contributed by atoms with Crippen molar-refractivity contribution >= 4 is 24.8 Å². The molecule has 1 fully saturated rings. The summed E-state index contributed by atoms with van der Waals surface area (Å²) in [6, 6.07) is 9.58. The molecule has 1 heterocycles. The second kappa shape index (κ2) is 10.2. The van der Waals surface area contributed by atoms with Crippen molar-refractivity contribution in [2.24, 2.45) is 0 Å². The van der Waals surface area contributed by atoms with E-state index in [4.69, 9.17) is 0 Å². The smallest absolute Gasteiger partial charge is 0.0383 e. The molecule has 1 aromatic carbocycles. The lowest BCUT2D eigenvalue weighted by atomic mass is 9.99. The molecule has 2 nitrogen and oxygen atoms in total. The lowest BCUT2D eigenvalue weighted by Crippen LogP contribution is -2.45. The van der Waals surface area contributed by atoms with Gasteiger partial charge in [0.2, 0.25) is 0 Å². The van der Waals surface area contributed by atoms with E-state index < -0.39 is 0 Å². The standard InChI is InChI=1S/C16H24N2.2ClH/c1-3-5-16(18-12-10-17-11-13-18)15-8-6-14(4-2)7-9-15;;/h3,6-9,16-17H,1,4-5,10-13H2,2H3;2*1H/t16-;;/m1../s1. The first-order chi connectivity index (χ1) is 8.85. The van der Waals surface area contributed by atoms with Crippen molar-refractivity contribution in [2.45, 2.75) is 25.8 Å². The Hall–Kier alpha value is -0.540. The van der Waals surface area contributed by atoms with Gasteiger partial charge in [0.05, 0.1) is 0 Å². The monoisotopic (exact) mass is 316 g/mol. The largest absolute Gasteiger partial charge is 0.314 e. The first kappa shape index (κ1) is 19.5. The van der Waals surface area contributed by atoms with Crippen LogP contribution in [0, 0.1) is 0 Å². The van der Waals surface area contributed by atoms with Crippen molar-refractivity contribution in [2.75, 3.05) is 26.2 Å². The first-order valence-corrected chi connectivity index (χ1v) is 6.99. The van der Waals surface area contributed by atoms with Crippen LogP contribution in [-0.2, 0) is 6.42 Å². The van der Waals surface area contributed by atoms with Crippen LogP contribution in [0.1, 0.15) is 30.5 Å². The predicted octanol–water partition coefficient (Wildman–Crippen LogP) is 3.62. The lowest BCUT2D eigenvalue weighted by Gasteiger charge is -2.34. The number of aryl methyl sites for hydroxylation is 1. The van der Waals surface area contributed by atoms with E-state index >= 15 is 0 Å². The summed E-state index contributed by atoms with van der Waals surface area (Å²) < 4.78 is 0. The number of benzene rings is 1. The van der Waals surface area contributed by atoms with E-state index in [0.717, 1.165) is 39.0 Å². The molecule has 0 saturated carbocycles. The van der Waals surface area contributed by atoms with Gasteiger partial charge in [0.15, 0.2) is 0 Å². The molecule has 0 bridgehead atoms. The molecule has 1 atom stereocenters. The van der Waals surface area contributed by atoms with Crippen molar-refractivity contribution in [3.8, 4) is 0 Å². The molecule has 0 unspecified atom stereocenters. The van der Waals surface area contributed by atoms with Crippen molar-refractivity contribution in [1.82, 2.24) is 10.2 Å². The number of nitrogens with one attached hydrogen (secondary N) is 1. The average molecular weight is 317 g/mol. The Bertz CT molecular complexity index is 373. The van der Waals surface area contributed by atoms with Crippen LogP contribution in [0.2, 0.25) is 0 Å². The normalized spacial score (nSPS) is 16.6. The lowest BCUT2D eigenvalue weighted by molar-refractivity contribution is 0.174. The Morgan fingerprint density at radius 1 is 1.20 bits per heavy atom. The number of hydrogen-bond donors (Lipinski definition) is 1. The molecule has 114 valence electrons. The molecule has 4 heteroatoms. The van der Waals surface area contributed by atoms with E-state index in [-0.39, 0.29) is 24.8 Å². The van der Waals surface area contributed by atoms with Crippen LogP contribution < -0.4 is 5.32 Å². The van der Waals surface area contributed by atoms with Crippen LogP contribution in [0.4, 0.5) is 0 Å². The van der Waals surface area contributed by atoms with Crippen LogP contribution in [0.3, 0.4) is 0 Å². The summed E-state index contributed by atoms with van der Waals surface area (Å²) in [6.07, 6.45) is 4.19. The van der Waals surface area contributed by atoms with Crippen molar-refractivity contribution in [3.63, 3.8) is 0 Å². The zero-order valence-corrected chi connectivity index (χ0v) is 13.8. The van der Waals surface area contributed by atoms with Gasteiger partial charge < -0.3 is 5.32 Å². The number of nitrogens with zero attached hydrogens (tertiary/aromatic N) is 1. The highest BCUT2D eigenvalue weighted by Gasteiger charge is 2.20. The third-order valence-electron chi connectivity index (χ3n) is 3.76. The highest BCUT2D eigenvalue weighted by molar-refractivity contribution is 5.85. The quantitative estimate of drug-likeness (QED) is 0.835. The van der Waals surface area contributed by atoms with Crippen LogP contribution in [0.15, 0.2) is 36.9 Å². The fourth-order valence-corrected chi connectivity index (χ4v) is 2.62. The van der Waals surface area contributed by atoms with E-state index in [1.807, 2.05) is 6.08 Å². The molecule has 1 N–H and O–H groups in total. The summed E-state index contributed by atoms with van der Waals surface area (Å²) in [5, 5.41) is 3.41. The minimum absolute atomic E-state index is 0. The molecule has 0 spiro atoms. The maximum atomic E-state index is 3.91. The minimum Gasteiger partial charge on any atom is -0.314 e. The Kier molecular flexibility index (Phi) is 9.95. The SMILES string of the molecule is C=CC[C@H](c1ccc(CC)cc1)N1CCNCC1.Cl.Cl. The van der Waals surface area contributed by atoms with E-state index in [1.165, 1.54) is 11.1 Å². The molecule has 1 aromatic rings. The van der Waals surface area contributed by atoms with Gasteiger partial charge >= 0.3 is 0 Å². The molecule has 20 heavy (non-hydrogen) atoms. The van der Waals surface area contributed by atoms with Gasteiger partial charge in [0, 0.05) is 32.2 Å². The van der Waals surface area contributed by atoms with Gasteiger partial charge in [0.25, 0.3) is 0 Å². The Morgan fingerprint density at radius 3 is 2.30 bits per heavy atom. The third-order valence-corrected chi connectivity index (χ3v) is 3.76. The first-order valence-electron chi connectivity index (χ1n) is 6.99. The number of rotatable bonds is 5. The summed E-state index contributed by atoms with van der Waals surface area (Å²) >= 11 is 0. The summed E-state index contributed by atoms with van der Waals surface area (Å²) in [7, 11) is 0. The molecule has 1 aliphatic heterocycles. The number of hydrogen-bond acceptors (Lipinski definition) is 2. The maximum absolute atomic E-state index is 3.91. The molecule has 0 aromatic heterocycles. The molecule has 1 saturated heterocycles. The van der Waals surface area contributed by atoms with Crippen molar-refractivity contribution in [1.29, 1.82) is 0 Å². The topological polar surface area (TPSA) is 15.3 Å². The molecule has 0 amide bonds. The van der Waals surface area contributed by atoms with Gasteiger partial charge in [-0.05, 0) is 24.0 Å². The molecular weight excluding hydrogens is 291 g/mol. The number of halogens is 2. The summed E-state index contributed by atoms with van der Waals surface area (Å²) in [4.78, 5) is 2.57. The minimum atomic E-state index is 0. The van der Waals surface area contributed by atoms with E-state index in [2.05, 4.69) is 48.0 Å². The second-order valence-corrected chi connectivity index (χ2v) is 4.92. The molecule has 1 aliphatic rings. The fraction of sp³-hybridized carbons (Fsp3) is 0.500.